The van der Waals surface area contributed by atoms with E-state index < -0.39 is 17.4 Å². The number of hydrogen-bond acceptors (Lipinski definition) is 6. The van der Waals surface area contributed by atoms with E-state index in [9.17, 15) is 19.5 Å². The van der Waals surface area contributed by atoms with Gasteiger partial charge in [0, 0.05) is 41.8 Å². The Hall–Kier alpha value is -2.58. The second-order valence-corrected chi connectivity index (χ2v) is 14.3. The Bertz CT molecular complexity index is 945. The fourth-order valence-corrected chi connectivity index (χ4v) is 4.47. The van der Waals surface area contributed by atoms with E-state index in [2.05, 4.69) is 99.1 Å². The number of hydrogen-bond donors (Lipinski definition) is 3. The summed E-state index contributed by atoms with van der Waals surface area (Å²) in [5, 5.41) is 15.9. The summed E-state index contributed by atoms with van der Waals surface area (Å²) in [5.41, 5.74) is -0.963. The number of amides is 2. The molecule has 0 aliphatic carbocycles. The van der Waals surface area contributed by atoms with E-state index in [0.717, 1.165) is 44.3 Å². The van der Waals surface area contributed by atoms with E-state index in [1.54, 1.807) is 25.6 Å². The number of aliphatic hydroxyl groups excluding tert-OH is 1. The van der Waals surface area contributed by atoms with Gasteiger partial charge >= 0.3 is 5.97 Å². The van der Waals surface area contributed by atoms with Gasteiger partial charge in [0.2, 0.25) is 11.8 Å². The van der Waals surface area contributed by atoms with Crippen molar-refractivity contribution in [1.29, 1.82) is 0 Å². The molecule has 0 aromatic carbocycles. The zero-order valence-electron chi connectivity index (χ0n) is 28.2. The molecule has 0 radical (unpaired) electrons. The van der Waals surface area contributed by atoms with E-state index in [1.165, 1.54) is 6.42 Å². The molecule has 0 spiro atoms. The Kier molecular flexibility index (Phi) is 24.2. The van der Waals surface area contributed by atoms with Gasteiger partial charge in [0.15, 0.2) is 0 Å². The minimum absolute atomic E-state index is 0.0753. The molecule has 0 saturated carbocycles. The van der Waals surface area contributed by atoms with Gasteiger partial charge in [-0.1, -0.05) is 109 Å². The number of thioether (sulfide) groups is 1. The quantitative estimate of drug-likeness (QED) is 0.0583. The highest BCUT2D eigenvalue weighted by Gasteiger charge is 2.34. The van der Waals surface area contributed by atoms with E-state index in [1.807, 2.05) is 0 Å². The van der Waals surface area contributed by atoms with Crippen molar-refractivity contribution in [2.75, 3.05) is 25.4 Å². The molecule has 3 N–H and O–H groups in total. The number of aliphatic hydroxyl groups is 1. The van der Waals surface area contributed by atoms with E-state index in [-0.39, 0.29) is 42.6 Å². The standard InChI is InChI=1S/C36H60N2O5S/c1-7-8-9-10-11-12-13-14-15-16-17-18-19-20-21-22-23-24-25-32(40)43-30-36(5,6)33(41)34(42)38-27-26-31(39)37-28-29-44-35(2,3)4/h9-10,12-13,15-16,18-19,21-22,33,41H,7-8,11,14,17,20,23-30H2,1-6H3,(H,37,39)(H,38,42)/b10-9-,13-12-,16-15-,19-18-,22-21-/t33-/m0/s1. The fraction of sp³-hybridized carbons (Fsp3) is 0.639. The highest BCUT2D eigenvalue weighted by atomic mass is 32.2. The zero-order valence-corrected chi connectivity index (χ0v) is 29.1. The third-order valence-corrected chi connectivity index (χ3v) is 7.61. The molecule has 0 bridgehead atoms. The molecule has 0 aliphatic rings. The minimum atomic E-state index is -1.37. The second kappa shape index (κ2) is 25.7. The van der Waals surface area contributed by atoms with Crippen LogP contribution in [0.5, 0.6) is 0 Å². The first-order valence-electron chi connectivity index (χ1n) is 16.2. The third-order valence-electron chi connectivity index (χ3n) is 6.33. The summed E-state index contributed by atoms with van der Waals surface area (Å²) in [6, 6.07) is 0. The van der Waals surface area contributed by atoms with Crippen molar-refractivity contribution in [1.82, 2.24) is 10.6 Å². The van der Waals surface area contributed by atoms with Crippen LogP contribution in [0, 0.1) is 5.41 Å². The topological polar surface area (TPSA) is 105 Å². The first-order chi connectivity index (χ1) is 20.9. The minimum Gasteiger partial charge on any atom is -0.465 e. The van der Waals surface area contributed by atoms with Gasteiger partial charge in [-0.05, 0) is 44.9 Å². The number of unbranched alkanes of at least 4 members (excludes halogenated alkanes) is 2. The second-order valence-electron chi connectivity index (χ2n) is 12.4. The molecule has 0 fully saturated rings. The molecule has 7 nitrogen and oxygen atoms in total. The summed E-state index contributed by atoms with van der Waals surface area (Å²) < 4.78 is 5.48. The summed E-state index contributed by atoms with van der Waals surface area (Å²) in [4.78, 5) is 36.5. The Morgan fingerprint density at radius 1 is 0.750 bits per heavy atom. The van der Waals surface area contributed by atoms with Gasteiger partial charge in [0.05, 0.1) is 6.61 Å². The molecule has 8 heteroatoms. The van der Waals surface area contributed by atoms with Gasteiger partial charge in [-0.15, -0.1) is 0 Å². The van der Waals surface area contributed by atoms with Crippen molar-refractivity contribution in [3.63, 3.8) is 0 Å². The summed E-state index contributed by atoms with van der Waals surface area (Å²) in [6.45, 7) is 12.5. The Morgan fingerprint density at radius 3 is 1.80 bits per heavy atom. The van der Waals surface area contributed by atoms with Crippen molar-refractivity contribution in [2.45, 2.75) is 117 Å². The van der Waals surface area contributed by atoms with Crippen molar-refractivity contribution in [3.05, 3.63) is 60.8 Å². The summed E-state index contributed by atoms with van der Waals surface area (Å²) in [7, 11) is 0. The molecule has 0 aliphatic heterocycles. The van der Waals surface area contributed by atoms with E-state index in [0.29, 0.717) is 13.0 Å². The van der Waals surface area contributed by atoms with Crippen LogP contribution in [0.25, 0.3) is 0 Å². The molecule has 0 saturated heterocycles. The number of rotatable bonds is 24. The molecule has 2 amide bonds. The number of allylic oxidation sites excluding steroid dienone is 10. The zero-order chi connectivity index (χ0) is 33.1. The van der Waals surface area contributed by atoms with Gasteiger partial charge in [-0.3, -0.25) is 14.4 Å². The van der Waals surface area contributed by atoms with Crippen LogP contribution in [-0.4, -0.2) is 59.2 Å². The third kappa shape index (κ3) is 25.9. The molecule has 44 heavy (non-hydrogen) atoms. The first kappa shape index (κ1) is 41.4. The van der Waals surface area contributed by atoms with Gasteiger partial charge in [0.1, 0.15) is 6.10 Å². The van der Waals surface area contributed by atoms with Crippen LogP contribution in [0.3, 0.4) is 0 Å². The Labute approximate surface area is 272 Å². The first-order valence-corrected chi connectivity index (χ1v) is 17.1. The maximum atomic E-state index is 12.4. The number of carbonyl (C=O) groups excluding carboxylic acids is 3. The Morgan fingerprint density at radius 2 is 1.27 bits per heavy atom. The SMILES string of the molecule is CCC/C=C\C/C=C\C/C=C\C/C=C\C/C=C\CCCC(=O)OCC(C)(C)[C@@H](O)C(=O)NCCC(=O)NCCSC(C)(C)C. The van der Waals surface area contributed by atoms with Gasteiger partial charge in [-0.2, -0.15) is 11.8 Å². The molecular formula is C36H60N2O5S. The van der Waals surface area contributed by atoms with Crippen LogP contribution < -0.4 is 10.6 Å². The summed E-state index contributed by atoms with van der Waals surface area (Å²) in [5.74, 6) is -0.274. The lowest BCUT2D eigenvalue weighted by molar-refractivity contribution is -0.153. The van der Waals surface area contributed by atoms with Crippen LogP contribution in [0.15, 0.2) is 60.8 Å². The van der Waals surface area contributed by atoms with Crippen LogP contribution >= 0.6 is 11.8 Å². The summed E-state index contributed by atoms with van der Waals surface area (Å²) in [6.07, 6.45) is 28.2. The lowest BCUT2D eigenvalue weighted by Crippen LogP contribution is -2.47. The van der Waals surface area contributed by atoms with Crippen LogP contribution in [0.4, 0.5) is 0 Å². The number of ether oxygens (including phenoxy) is 1. The largest absolute Gasteiger partial charge is 0.465 e. The smallest absolute Gasteiger partial charge is 0.305 e. The monoisotopic (exact) mass is 632 g/mol. The maximum Gasteiger partial charge on any atom is 0.305 e. The van der Waals surface area contributed by atoms with Gasteiger partial charge in [-0.25, -0.2) is 0 Å². The predicted octanol–water partition coefficient (Wildman–Crippen LogP) is 7.38. The van der Waals surface area contributed by atoms with Crippen LogP contribution in [0.1, 0.15) is 106 Å². The maximum absolute atomic E-state index is 12.4. The van der Waals surface area contributed by atoms with Gasteiger partial charge in [0.25, 0.3) is 0 Å². The molecule has 0 rings (SSSR count). The summed E-state index contributed by atoms with van der Waals surface area (Å²) >= 11 is 1.77. The molecular weight excluding hydrogens is 572 g/mol. The number of carbonyl (C=O) groups is 3. The fourth-order valence-electron chi connectivity index (χ4n) is 3.66. The van der Waals surface area contributed by atoms with Gasteiger partial charge < -0.3 is 20.5 Å². The lowest BCUT2D eigenvalue weighted by Gasteiger charge is -2.29. The lowest BCUT2D eigenvalue weighted by atomic mass is 9.87. The number of nitrogens with one attached hydrogen (secondary N) is 2. The van der Waals surface area contributed by atoms with Crippen molar-refractivity contribution >= 4 is 29.5 Å². The molecule has 1 atom stereocenters. The molecule has 0 aromatic heterocycles. The number of esters is 1. The normalized spacial score (nSPS) is 13.5. The van der Waals surface area contributed by atoms with E-state index in [4.69, 9.17) is 4.74 Å². The van der Waals surface area contributed by atoms with Crippen LogP contribution in [-0.2, 0) is 19.1 Å². The predicted molar refractivity (Wildman–Crippen MR) is 187 cm³/mol. The highest BCUT2D eigenvalue weighted by Crippen LogP contribution is 2.23. The average molecular weight is 633 g/mol. The van der Waals surface area contributed by atoms with Crippen LogP contribution in [0.2, 0.25) is 0 Å². The molecule has 0 aromatic rings. The van der Waals surface area contributed by atoms with Crippen molar-refractivity contribution in [3.8, 4) is 0 Å². The Balaban J connectivity index is 4.00. The van der Waals surface area contributed by atoms with Crippen molar-refractivity contribution < 1.29 is 24.2 Å². The van der Waals surface area contributed by atoms with E-state index >= 15 is 0 Å². The highest BCUT2D eigenvalue weighted by molar-refractivity contribution is 8.00. The molecule has 250 valence electrons. The van der Waals surface area contributed by atoms with Crippen molar-refractivity contribution in [2.24, 2.45) is 5.41 Å². The average Bonchev–Trinajstić information content (AvgIpc) is 2.96. The molecule has 0 heterocycles. The molecule has 0 unspecified atom stereocenters.